The Balaban J connectivity index is 0.000000204. The number of piperidine rings is 2. The number of nitrogens with one attached hydrogen (secondary N) is 5. The van der Waals surface area contributed by atoms with Crippen molar-refractivity contribution in [2.45, 2.75) is 70.4 Å². The summed E-state index contributed by atoms with van der Waals surface area (Å²) in [6, 6.07) is 7.28. The molecule has 0 spiro atoms. The summed E-state index contributed by atoms with van der Waals surface area (Å²) in [5.74, 6) is 0.686. The largest absolute Gasteiger partial charge is 0.497 e. The maximum atomic E-state index is 12.6. The quantitative estimate of drug-likeness (QED) is 0.112. The van der Waals surface area contributed by atoms with Crippen LogP contribution in [0.2, 0.25) is 10.3 Å². The van der Waals surface area contributed by atoms with Gasteiger partial charge in [0.2, 0.25) is 0 Å². The Hall–Kier alpha value is -5.71. The van der Waals surface area contributed by atoms with Crippen LogP contribution in [0.15, 0.2) is 24.3 Å². The summed E-state index contributed by atoms with van der Waals surface area (Å²) in [7, 11) is 4.79. The third kappa shape index (κ3) is 10.5. The number of amides is 3. The highest BCUT2D eigenvalue weighted by Crippen LogP contribution is 2.21. The average Bonchev–Trinajstić information content (AvgIpc) is 4.09. The van der Waals surface area contributed by atoms with Crippen LogP contribution in [0.1, 0.15) is 75.5 Å². The van der Waals surface area contributed by atoms with Gasteiger partial charge in [-0.2, -0.15) is 10.0 Å². The fourth-order valence-corrected chi connectivity index (χ4v) is 7.19. The van der Waals surface area contributed by atoms with Crippen LogP contribution in [0.5, 0.6) is 5.75 Å². The highest BCUT2D eigenvalue weighted by molar-refractivity contribution is 6.30. The van der Waals surface area contributed by atoms with Gasteiger partial charge in [0.25, 0.3) is 29.5 Å². The van der Waals surface area contributed by atoms with E-state index in [1.807, 2.05) is 43.0 Å². The molecule has 316 valence electrons. The van der Waals surface area contributed by atoms with Crippen LogP contribution in [0.25, 0.3) is 0 Å². The van der Waals surface area contributed by atoms with Crippen molar-refractivity contribution in [1.82, 2.24) is 76.3 Å². The number of halogens is 2. The van der Waals surface area contributed by atoms with Crippen LogP contribution < -0.4 is 20.3 Å². The van der Waals surface area contributed by atoms with Crippen LogP contribution in [-0.4, -0.2) is 155 Å². The number of benzene rings is 1. The molecule has 3 amide bonds. The van der Waals surface area contributed by atoms with E-state index in [-0.39, 0.29) is 59.5 Å². The summed E-state index contributed by atoms with van der Waals surface area (Å²) < 4.78 is 16.3. The van der Waals surface area contributed by atoms with Gasteiger partial charge in [-0.25, -0.2) is 9.97 Å². The number of ether oxygens (including phenoxy) is 3. The van der Waals surface area contributed by atoms with Gasteiger partial charge in [0, 0.05) is 40.4 Å². The average molecular weight is 858 g/mol. The van der Waals surface area contributed by atoms with Gasteiger partial charge >= 0.3 is 0 Å². The fourth-order valence-electron chi connectivity index (χ4n) is 6.66. The van der Waals surface area contributed by atoms with E-state index < -0.39 is 0 Å². The number of H-pyrrole nitrogens is 3. The number of carbonyl (C=O) groups excluding carboxylic acids is 3. The molecule has 5 N–H and O–H groups in total. The number of aromatic nitrogens is 12. The van der Waals surface area contributed by atoms with Crippen molar-refractivity contribution in [2.75, 3.05) is 52.4 Å². The summed E-state index contributed by atoms with van der Waals surface area (Å²) in [6.45, 7) is 6.26. The van der Waals surface area contributed by atoms with Gasteiger partial charge in [-0.3, -0.25) is 14.4 Å². The molecule has 59 heavy (non-hydrogen) atoms. The van der Waals surface area contributed by atoms with Gasteiger partial charge in [0.15, 0.2) is 22.0 Å². The fraction of sp³-hybridized carbons (Fsp3) is 0.514. The first kappa shape index (κ1) is 42.9. The first-order valence-electron chi connectivity index (χ1n) is 18.9. The predicted octanol–water partition coefficient (Wildman–Crippen LogP) is 1.49. The number of methoxy groups -OCH3 is 3. The Kier molecular flexibility index (Phi) is 14.4. The molecule has 7 rings (SSSR count). The molecular formula is C35H46Cl2N16O6. The second-order valence-corrected chi connectivity index (χ2v) is 14.3. The molecule has 0 radical (unpaired) electrons. The normalized spacial score (nSPS) is 19.2. The number of aromatic amines is 3. The smallest absolute Gasteiger partial charge is 0.295 e. The van der Waals surface area contributed by atoms with Gasteiger partial charge in [0.05, 0.1) is 49.3 Å². The molecule has 5 aromatic rings. The second kappa shape index (κ2) is 19.8. The minimum absolute atomic E-state index is 0.000314. The number of imidazole rings is 2. The SMILES string of the molecule is CCc1[nH]c(C(=O)N[C@@H]2CCN(C(=O)c3nn[nH]n3)C[C@@H]2OC)nc1Cl.CCc1[nH]c(C(=O)N[C@@H]2CCN(c3nnn(Cc4ccc(OC)cc4)n3)C[C@@H]2OC)nc1Cl. The highest BCUT2D eigenvalue weighted by atomic mass is 35.5. The number of anilines is 1. The number of nitrogens with zero attached hydrogens (tertiary/aromatic N) is 11. The molecular weight excluding hydrogens is 811 g/mol. The molecule has 0 saturated carbocycles. The number of rotatable bonds is 13. The van der Waals surface area contributed by atoms with Gasteiger partial charge in [0.1, 0.15) is 5.75 Å². The molecule has 2 saturated heterocycles. The van der Waals surface area contributed by atoms with Crippen molar-refractivity contribution >= 4 is 46.9 Å². The molecule has 24 heteroatoms. The van der Waals surface area contributed by atoms with Crippen molar-refractivity contribution in [3.05, 3.63) is 69.0 Å². The Labute approximate surface area is 348 Å². The van der Waals surface area contributed by atoms with Gasteiger partial charge < -0.3 is 44.6 Å². The molecule has 1 aromatic carbocycles. The summed E-state index contributed by atoms with van der Waals surface area (Å²) >= 11 is 12.0. The van der Waals surface area contributed by atoms with E-state index >= 15 is 0 Å². The number of likely N-dealkylation sites (tertiary alicyclic amines) is 1. The number of tetrazole rings is 2. The third-order valence-electron chi connectivity index (χ3n) is 9.98. The topological polar surface area (TPSA) is 265 Å². The molecule has 0 bridgehead atoms. The Morgan fingerprint density at radius 3 is 1.95 bits per heavy atom. The maximum absolute atomic E-state index is 12.6. The van der Waals surface area contributed by atoms with Crippen molar-refractivity contribution in [3.63, 3.8) is 0 Å². The molecule has 4 atom stereocenters. The Morgan fingerprint density at radius 2 is 1.42 bits per heavy atom. The molecule has 22 nitrogen and oxygen atoms in total. The zero-order valence-electron chi connectivity index (χ0n) is 33.1. The first-order valence-corrected chi connectivity index (χ1v) is 19.6. The minimum Gasteiger partial charge on any atom is -0.497 e. The third-order valence-corrected chi connectivity index (χ3v) is 10.6. The zero-order valence-corrected chi connectivity index (χ0v) is 34.6. The van der Waals surface area contributed by atoms with E-state index in [1.54, 1.807) is 23.9 Å². The van der Waals surface area contributed by atoms with Crippen molar-refractivity contribution in [2.24, 2.45) is 0 Å². The summed E-state index contributed by atoms with van der Waals surface area (Å²) in [4.78, 5) is 56.6. The van der Waals surface area contributed by atoms with E-state index in [2.05, 4.69) is 66.6 Å². The van der Waals surface area contributed by atoms with Crippen molar-refractivity contribution in [1.29, 1.82) is 0 Å². The van der Waals surface area contributed by atoms with Crippen LogP contribution >= 0.6 is 23.2 Å². The van der Waals surface area contributed by atoms with Crippen LogP contribution in [-0.2, 0) is 28.9 Å². The lowest BCUT2D eigenvalue weighted by Crippen LogP contribution is -2.56. The molecule has 2 aliphatic heterocycles. The summed E-state index contributed by atoms with van der Waals surface area (Å²) in [5, 5.41) is 32.4. The van der Waals surface area contributed by atoms with E-state index in [1.165, 1.54) is 7.11 Å². The zero-order chi connectivity index (χ0) is 42.1. The minimum atomic E-state index is -0.375. The highest BCUT2D eigenvalue weighted by Gasteiger charge is 2.35. The van der Waals surface area contributed by atoms with E-state index in [0.717, 1.165) is 17.0 Å². The number of carbonyl (C=O) groups is 3. The molecule has 0 aliphatic carbocycles. The lowest BCUT2D eigenvalue weighted by Gasteiger charge is -2.37. The van der Waals surface area contributed by atoms with Gasteiger partial charge in [-0.05, 0) is 53.8 Å². The van der Waals surface area contributed by atoms with Crippen LogP contribution in [0, 0.1) is 0 Å². The monoisotopic (exact) mass is 856 g/mol. The van der Waals surface area contributed by atoms with E-state index in [0.29, 0.717) is 80.4 Å². The predicted molar refractivity (Wildman–Crippen MR) is 211 cm³/mol. The van der Waals surface area contributed by atoms with E-state index in [4.69, 9.17) is 37.4 Å². The van der Waals surface area contributed by atoms with Gasteiger partial charge in [-0.15, -0.1) is 15.3 Å². The van der Waals surface area contributed by atoms with E-state index in [9.17, 15) is 14.4 Å². The van der Waals surface area contributed by atoms with Crippen molar-refractivity contribution < 1.29 is 28.6 Å². The molecule has 2 fully saturated rings. The molecule has 4 aromatic heterocycles. The molecule has 6 heterocycles. The molecule has 2 aliphatic rings. The Bertz CT molecular complexity index is 2160. The second-order valence-electron chi connectivity index (χ2n) is 13.6. The summed E-state index contributed by atoms with van der Waals surface area (Å²) in [6.07, 6.45) is 1.88. The van der Waals surface area contributed by atoms with Crippen molar-refractivity contribution in [3.8, 4) is 5.75 Å². The maximum Gasteiger partial charge on any atom is 0.295 e. The number of hydrogen-bond acceptors (Lipinski definition) is 15. The summed E-state index contributed by atoms with van der Waals surface area (Å²) in [5.41, 5.74) is 2.49. The first-order chi connectivity index (χ1) is 28.5. The lowest BCUT2D eigenvalue weighted by atomic mass is 10.0. The Morgan fingerprint density at radius 1 is 0.831 bits per heavy atom. The number of aryl methyl sites for hydroxylation is 2. The standard InChI is InChI=1S/C21H27ClN8O3.C14H19ClN8O3/c1-4-15-18(22)25-19(23-15)20(31)24-16-9-10-29(12-17(16)33-3)21-26-28-30(27-21)11-13-5-7-14(32-2)8-6-13;1-3-7-10(15)18-11(16-7)13(24)17-8-4-5-23(6-9(8)26-2)14(25)12-19-21-22-20-12/h5-8,16-17H,4,9-12H2,1-3H3,(H,23,25)(H,24,31);8-9H,3-6H2,1-2H3,(H,16,18)(H,17,24)(H,19,20,21,22)/t16-,17+;8-,9+/m11/s1. The molecule has 0 unspecified atom stereocenters. The number of hydrogen-bond donors (Lipinski definition) is 5. The van der Waals surface area contributed by atoms with Gasteiger partial charge in [-0.1, -0.05) is 54.3 Å². The van der Waals surface area contributed by atoms with Crippen LogP contribution in [0.4, 0.5) is 5.95 Å². The van der Waals surface area contributed by atoms with Crippen LogP contribution in [0.3, 0.4) is 0 Å². The lowest BCUT2D eigenvalue weighted by molar-refractivity contribution is 0.00740.